The fourth-order valence-electron chi connectivity index (χ4n) is 1.10. The largest absolute Gasteiger partial charge is 0.400 e. The van der Waals surface area contributed by atoms with E-state index in [1.54, 1.807) is 0 Å². The molecule has 1 aromatic heterocycles. The summed E-state index contributed by atoms with van der Waals surface area (Å²) in [5, 5.41) is 7.00. The van der Waals surface area contributed by atoms with E-state index in [4.69, 9.17) is 5.11 Å². The Kier molecular flexibility index (Phi) is 7.03. The number of pyridine rings is 1. The van der Waals surface area contributed by atoms with E-state index in [2.05, 4.69) is 24.0 Å². The minimum atomic E-state index is 0.792. The van der Waals surface area contributed by atoms with Gasteiger partial charge in [-0.2, -0.15) is 0 Å². The first-order chi connectivity index (χ1) is 6.86. The van der Waals surface area contributed by atoms with Crippen LogP contribution in [0.1, 0.15) is 43.9 Å². The predicted octanol–water partition coefficient (Wildman–Crippen LogP) is 2.90. The molecule has 1 aliphatic carbocycles. The van der Waals surface area contributed by atoms with Crippen LogP contribution in [0.2, 0.25) is 0 Å². The van der Waals surface area contributed by atoms with Crippen LogP contribution < -0.4 is 0 Å². The molecule has 1 saturated carbocycles. The Morgan fingerprint density at radius 1 is 1.21 bits per heavy atom. The highest BCUT2D eigenvalue weighted by molar-refractivity contribution is 5.18. The molecular weight excluding hydrogens is 174 g/mol. The SMILES string of the molecule is CC.CO.Cc1ccc(C2CC2)nc1. The molecule has 14 heavy (non-hydrogen) atoms. The number of hydrogen-bond donors (Lipinski definition) is 1. The number of aryl methyl sites for hydroxylation is 1. The molecule has 2 nitrogen and oxygen atoms in total. The third kappa shape index (κ3) is 4.38. The lowest BCUT2D eigenvalue weighted by Gasteiger charge is -1.95. The summed E-state index contributed by atoms with van der Waals surface area (Å²) in [5.41, 5.74) is 2.54. The average molecular weight is 195 g/mol. The van der Waals surface area contributed by atoms with Crippen molar-refractivity contribution in [3.05, 3.63) is 29.6 Å². The molecule has 0 atom stereocenters. The molecule has 0 aromatic carbocycles. The van der Waals surface area contributed by atoms with E-state index >= 15 is 0 Å². The molecule has 1 N–H and O–H groups in total. The van der Waals surface area contributed by atoms with Gasteiger partial charge in [0.15, 0.2) is 0 Å². The average Bonchev–Trinajstić information content (AvgIpc) is 3.09. The summed E-state index contributed by atoms with van der Waals surface area (Å²) in [7, 11) is 1.00. The van der Waals surface area contributed by atoms with Gasteiger partial charge in [-0.3, -0.25) is 4.98 Å². The highest BCUT2D eigenvalue weighted by Crippen LogP contribution is 2.38. The van der Waals surface area contributed by atoms with E-state index < -0.39 is 0 Å². The number of aliphatic hydroxyl groups is 1. The zero-order chi connectivity index (χ0) is 11.0. The van der Waals surface area contributed by atoms with Gasteiger partial charge in [0.25, 0.3) is 0 Å². The minimum absolute atomic E-state index is 0.792. The summed E-state index contributed by atoms with van der Waals surface area (Å²) < 4.78 is 0. The Labute approximate surface area is 87.0 Å². The maximum absolute atomic E-state index is 7.00. The third-order valence-electron chi connectivity index (χ3n) is 1.93. The van der Waals surface area contributed by atoms with E-state index in [1.807, 2.05) is 20.0 Å². The molecule has 1 aromatic rings. The van der Waals surface area contributed by atoms with E-state index in [0.717, 1.165) is 13.0 Å². The van der Waals surface area contributed by atoms with Gasteiger partial charge in [-0.05, 0) is 31.4 Å². The Hall–Kier alpha value is -0.890. The lowest BCUT2D eigenvalue weighted by atomic mass is 10.2. The van der Waals surface area contributed by atoms with Crippen LogP contribution >= 0.6 is 0 Å². The van der Waals surface area contributed by atoms with Crippen LogP contribution in [0.15, 0.2) is 18.3 Å². The van der Waals surface area contributed by atoms with Gasteiger partial charge in [0.2, 0.25) is 0 Å². The van der Waals surface area contributed by atoms with Crippen LogP contribution in [0.4, 0.5) is 0 Å². The van der Waals surface area contributed by atoms with Crippen molar-refractivity contribution in [1.29, 1.82) is 0 Å². The van der Waals surface area contributed by atoms with Crippen LogP contribution in [0.3, 0.4) is 0 Å². The summed E-state index contributed by atoms with van der Waals surface area (Å²) in [6, 6.07) is 4.29. The third-order valence-corrected chi connectivity index (χ3v) is 1.93. The van der Waals surface area contributed by atoms with Crippen molar-refractivity contribution in [2.45, 2.75) is 39.5 Å². The van der Waals surface area contributed by atoms with Gasteiger partial charge in [0, 0.05) is 24.9 Å². The quantitative estimate of drug-likeness (QED) is 0.747. The second-order valence-corrected chi connectivity index (χ2v) is 3.03. The van der Waals surface area contributed by atoms with Crippen LogP contribution in [-0.4, -0.2) is 17.2 Å². The Balaban J connectivity index is 0.000000379. The molecule has 0 spiro atoms. The summed E-state index contributed by atoms with van der Waals surface area (Å²) in [6.45, 7) is 6.07. The Bertz CT molecular complexity index is 227. The van der Waals surface area contributed by atoms with Crippen molar-refractivity contribution in [2.24, 2.45) is 0 Å². The van der Waals surface area contributed by atoms with E-state index in [-0.39, 0.29) is 0 Å². The van der Waals surface area contributed by atoms with Crippen LogP contribution in [0, 0.1) is 6.92 Å². The highest BCUT2D eigenvalue weighted by atomic mass is 16.2. The predicted molar refractivity (Wildman–Crippen MR) is 60.4 cm³/mol. The lowest BCUT2D eigenvalue weighted by molar-refractivity contribution is 0.399. The van der Waals surface area contributed by atoms with Crippen molar-refractivity contribution in [1.82, 2.24) is 4.98 Å². The number of hydrogen-bond acceptors (Lipinski definition) is 2. The Morgan fingerprint density at radius 3 is 2.14 bits per heavy atom. The van der Waals surface area contributed by atoms with Crippen LogP contribution in [-0.2, 0) is 0 Å². The zero-order valence-electron chi connectivity index (χ0n) is 9.62. The van der Waals surface area contributed by atoms with Crippen LogP contribution in [0.5, 0.6) is 0 Å². The number of nitrogens with zero attached hydrogens (tertiary/aromatic N) is 1. The number of aliphatic hydroxyl groups excluding tert-OH is 1. The first kappa shape index (κ1) is 13.1. The standard InChI is InChI=1S/C9H11N.C2H6.CH4O/c1-7-2-5-9(10-6-7)8-3-4-8;2*1-2/h2,5-6,8H,3-4H2,1H3;1-2H3;2H,1H3. The van der Waals surface area contributed by atoms with Crippen molar-refractivity contribution in [2.75, 3.05) is 7.11 Å². The molecular formula is C12H21NO. The Morgan fingerprint density at radius 2 is 1.79 bits per heavy atom. The smallest absolute Gasteiger partial charge is 0.0434 e. The number of aromatic nitrogens is 1. The van der Waals surface area contributed by atoms with Crippen LogP contribution in [0.25, 0.3) is 0 Å². The van der Waals surface area contributed by atoms with Gasteiger partial charge in [-0.25, -0.2) is 0 Å². The van der Waals surface area contributed by atoms with E-state index in [9.17, 15) is 0 Å². The maximum atomic E-state index is 7.00. The van der Waals surface area contributed by atoms with Gasteiger partial charge >= 0.3 is 0 Å². The zero-order valence-corrected chi connectivity index (χ0v) is 9.62. The van der Waals surface area contributed by atoms with Crippen molar-refractivity contribution >= 4 is 0 Å². The summed E-state index contributed by atoms with van der Waals surface area (Å²) in [6.07, 6.45) is 4.64. The molecule has 2 heteroatoms. The minimum Gasteiger partial charge on any atom is -0.400 e. The topological polar surface area (TPSA) is 33.1 Å². The molecule has 0 amide bonds. The van der Waals surface area contributed by atoms with Crippen molar-refractivity contribution < 1.29 is 5.11 Å². The fourth-order valence-corrected chi connectivity index (χ4v) is 1.10. The summed E-state index contributed by atoms with van der Waals surface area (Å²) in [5.74, 6) is 0.792. The van der Waals surface area contributed by atoms with Crippen molar-refractivity contribution in [3.8, 4) is 0 Å². The monoisotopic (exact) mass is 195 g/mol. The van der Waals surface area contributed by atoms with E-state index in [1.165, 1.54) is 24.1 Å². The van der Waals surface area contributed by atoms with Crippen molar-refractivity contribution in [3.63, 3.8) is 0 Å². The molecule has 0 aliphatic heterocycles. The molecule has 0 unspecified atom stereocenters. The van der Waals surface area contributed by atoms with Gasteiger partial charge in [-0.15, -0.1) is 0 Å². The molecule has 0 bridgehead atoms. The molecule has 1 aliphatic rings. The second kappa shape index (κ2) is 7.51. The first-order valence-corrected chi connectivity index (χ1v) is 5.23. The van der Waals surface area contributed by atoms with Gasteiger partial charge in [0.05, 0.1) is 0 Å². The molecule has 0 saturated heterocycles. The first-order valence-electron chi connectivity index (χ1n) is 5.23. The molecule has 2 rings (SSSR count). The molecule has 80 valence electrons. The normalized spacial score (nSPS) is 13.2. The molecule has 1 fully saturated rings. The summed E-state index contributed by atoms with van der Waals surface area (Å²) >= 11 is 0. The molecule has 1 heterocycles. The van der Waals surface area contributed by atoms with Gasteiger partial charge in [-0.1, -0.05) is 19.9 Å². The lowest BCUT2D eigenvalue weighted by Crippen LogP contribution is -1.84. The van der Waals surface area contributed by atoms with E-state index in [0.29, 0.717) is 0 Å². The molecule has 0 radical (unpaired) electrons. The number of rotatable bonds is 1. The fraction of sp³-hybridized carbons (Fsp3) is 0.583. The van der Waals surface area contributed by atoms with Gasteiger partial charge < -0.3 is 5.11 Å². The second-order valence-electron chi connectivity index (χ2n) is 3.03. The summed E-state index contributed by atoms with van der Waals surface area (Å²) in [4.78, 5) is 4.34. The highest BCUT2D eigenvalue weighted by Gasteiger charge is 2.24. The maximum Gasteiger partial charge on any atom is 0.0434 e. The van der Waals surface area contributed by atoms with Gasteiger partial charge in [0.1, 0.15) is 0 Å².